The molecule has 0 aromatic rings. The molecule has 2 radical (unpaired) electrons. The van der Waals surface area contributed by atoms with E-state index < -0.39 is 0 Å². The van der Waals surface area contributed by atoms with Crippen LogP contribution < -0.4 is 0 Å². The standard InChI is InChI=1S/2In.6O.2Sm/q2*+3;6*-2;2*+3. The molecule has 0 saturated carbocycles. The van der Waals surface area contributed by atoms with Crippen molar-refractivity contribution in [1.82, 2.24) is 0 Å². The monoisotopic (exact) mass is 630 g/mol. The maximum Gasteiger partial charge on any atom is 3.00 e. The van der Waals surface area contributed by atoms with Gasteiger partial charge in [-0.3, -0.25) is 0 Å². The Balaban J connectivity index is 0. The predicted molar refractivity (Wildman–Crippen MR) is 15.6 cm³/mol. The summed E-state index contributed by atoms with van der Waals surface area (Å²) in [6, 6.07) is 0. The quantitative estimate of drug-likeness (QED) is 0.306. The van der Waals surface area contributed by atoms with E-state index in [2.05, 4.69) is 0 Å². The van der Waals surface area contributed by atoms with Crippen molar-refractivity contribution in [2.24, 2.45) is 0 Å². The van der Waals surface area contributed by atoms with Crippen molar-refractivity contribution >= 4 is 51.7 Å². The van der Waals surface area contributed by atoms with E-state index in [1.54, 1.807) is 0 Å². The number of rotatable bonds is 0. The SMILES string of the molecule is [In+3].[In+3].[O-2].[O-2].[O-2].[O-2].[O-2].[O-2].[Sm+3].[Sm+3]. The zero-order valence-electron chi connectivity index (χ0n) is 4.42. The molecule has 54 valence electrons. The van der Waals surface area contributed by atoms with Crippen molar-refractivity contribution in [1.29, 1.82) is 0 Å². The fourth-order valence-corrected chi connectivity index (χ4v) is 0. The second kappa shape index (κ2) is 112. The molecule has 10 heteroatoms. The second-order valence-electron chi connectivity index (χ2n) is 0. The molecule has 0 rings (SSSR count). The summed E-state index contributed by atoms with van der Waals surface area (Å²) in [6.45, 7) is 0. The molecule has 6 nitrogen and oxygen atoms in total. The van der Waals surface area contributed by atoms with Gasteiger partial charge in [0.05, 0.1) is 0 Å². The summed E-state index contributed by atoms with van der Waals surface area (Å²) < 4.78 is 0. The van der Waals surface area contributed by atoms with Gasteiger partial charge in [-0.25, -0.2) is 0 Å². The summed E-state index contributed by atoms with van der Waals surface area (Å²) in [5, 5.41) is 0. The first-order chi connectivity index (χ1) is 0. The first-order valence-corrected chi connectivity index (χ1v) is 0. The third-order valence-corrected chi connectivity index (χ3v) is 0. The fraction of sp³-hybridized carbons (Fsp3) is 0. The van der Waals surface area contributed by atoms with Crippen molar-refractivity contribution in [2.45, 2.75) is 0 Å². The zero-order valence-corrected chi connectivity index (χ0v) is 16.3. The van der Waals surface area contributed by atoms with Gasteiger partial charge in [0, 0.05) is 0 Å². The van der Waals surface area contributed by atoms with Gasteiger partial charge in [-0.15, -0.1) is 0 Å². The Morgan fingerprint density at radius 3 is 0.300 bits per heavy atom. The van der Waals surface area contributed by atoms with E-state index in [9.17, 15) is 0 Å². The molecule has 0 atom stereocenters. The summed E-state index contributed by atoms with van der Waals surface area (Å²) in [6.07, 6.45) is 0. The molecule has 0 N–H and O–H groups in total. The van der Waals surface area contributed by atoms with Gasteiger partial charge in [-0.05, 0) is 0 Å². The molecule has 0 aromatic heterocycles. The van der Waals surface area contributed by atoms with Crippen molar-refractivity contribution in [3.05, 3.63) is 0 Å². The zero-order chi connectivity index (χ0) is 0. The normalized spacial score (nSPS) is 0. The van der Waals surface area contributed by atoms with E-state index in [0.29, 0.717) is 0 Å². The van der Waals surface area contributed by atoms with E-state index >= 15 is 0 Å². The summed E-state index contributed by atoms with van der Waals surface area (Å²) in [4.78, 5) is 0. The third-order valence-electron chi connectivity index (χ3n) is 0. The van der Waals surface area contributed by atoms with E-state index in [-0.39, 0.29) is 165 Å². The fourth-order valence-electron chi connectivity index (χ4n) is 0. The summed E-state index contributed by atoms with van der Waals surface area (Å²) >= 11 is 0. The van der Waals surface area contributed by atoms with Crippen LogP contribution in [0.15, 0.2) is 0 Å². The third kappa shape index (κ3) is 87.2. The summed E-state index contributed by atoms with van der Waals surface area (Å²) in [5.74, 6) is 0. The maximum absolute atomic E-state index is 0. The van der Waals surface area contributed by atoms with Crippen LogP contribution in [0.5, 0.6) is 0 Å². The van der Waals surface area contributed by atoms with Crippen LogP contribution in [-0.2, 0) is 32.9 Å². The predicted octanol–water partition coefficient (Wildman–Crippen LogP) is -1.47. The summed E-state index contributed by atoms with van der Waals surface area (Å²) in [5.41, 5.74) is 0. The van der Waals surface area contributed by atoms with E-state index in [1.165, 1.54) is 0 Å². The Hall–Kier alpha value is 4.18. The first-order valence-electron chi connectivity index (χ1n) is 0. The Morgan fingerprint density at radius 2 is 0.300 bits per heavy atom. The molecule has 0 aliphatic carbocycles. The van der Waals surface area contributed by atoms with Crippen LogP contribution in [0.3, 0.4) is 0 Å². The minimum atomic E-state index is 0. The number of hydrogen-bond donors (Lipinski definition) is 0. The Kier molecular flexibility index (Phi) is 1580. The number of hydrogen-bond acceptors (Lipinski definition) is 0. The van der Waals surface area contributed by atoms with Crippen LogP contribution in [0.25, 0.3) is 0 Å². The Morgan fingerprint density at radius 1 is 0.300 bits per heavy atom. The molecular formula is In2O6Sm2. The largest absolute Gasteiger partial charge is 3.00 e. The molecule has 0 aromatic carbocycles. The van der Waals surface area contributed by atoms with Gasteiger partial charge in [-0.1, -0.05) is 0 Å². The van der Waals surface area contributed by atoms with Crippen molar-refractivity contribution < 1.29 is 114 Å². The average molecular weight is 626 g/mol. The Bertz CT molecular complexity index is 13.7. The van der Waals surface area contributed by atoms with Crippen LogP contribution in [0.2, 0.25) is 0 Å². The minimum absolute atomic E-state index is 0. The molecule has 0 aliphatic rings. The van der Waals surface area contributed by atoms with Crippen LogP contribution >= 0.6 is 0 Å². The molecule has 10 heavy (non-hydrogen) atoms. The van der Waals surface area contributed by atoms with Crippen molar-refractivity contribution in [2.75, 3.05) is 0 Å². The van der Waals surface area contributed by atoms with E-state index in [0.717, 1.165) is 0 Å². The van der Waals surface area contributed by atoms with Gasteiger partial charge in [0.1, 0.15) is 0 Å². The maximum atomic E-state index is 0. The van der Waals surface area contributed by atoms with Gasteiger partial charge in [0.15, 0.2) is 0 Å². The molecule has 0 fully saturated rings. The van der Waals surface area contributed by atoms with Gasteiger partial charge in [0.25, 0.3) is 0 Å². The molecular weight excluding hydrogens is 626 g/mol. The topological polar surface area (TPSA) is 171 Å². The van der Waals surface area contributed by atoms with Crippen molar-refractivity contribution in [3.63, 3.8) is 0 Å². The average Bonchev–Trinajstić information content (AvgIpc) is 0. The minimum Gasteiger partial charge on any atom is -2.00 e. The molecule has 0 heterocycles. The van der Waals surface area contributed by atoms with Gasteiger partial charge in [-0.2, -0.15) is 0 Å². The van der Waals surface area contributed by atoms with Gasteiger partial charge >= 0.3 is 132 Å². The van der Waals surface area contributed by atoms with Crippen LogP contribution in [-0.4, -0.2) is 51.7 Å². The second-order valence-corrected chi connectivity index (χ2v) is 0. The molecule has 0 spiro atoms. The molecule has 0 unspecified atom stereocenters. The van der Waals surface area contributed by atoms with E-state index in [1.807, 2.05) is 0 Å². The summed E-state index contributed by atoms with van der Waals surface area (Å²) in [7, 11) is 0. The molecule has 0 aliphatic heterocycles. The van der Waals surface area contributed by atoms with Gasteiger partial charge < -0.3 is 32.9 Å². The van der Waals surface area contributed by atoms with Crippen LogP contribution in [0.4, 0.5) is 0 Å². The first kappa shape index (κ1) is 141. The van der Waals surface area contributed by atoms with E-state index in [4.69, 9.17) is 0 Å². The van der Waals surface area contributed by atoms with Gasteiger partial charge in [0.2, 0.25) is 0 Å². The van der Waals surface area contributed by atoms with Crippen LogP contribution in [0, 0.1) is 80.8 Å². The molecule has 0 amide bonds. The molecule has 0 bridgehead atoms. The molecule has 0 saturated heterocycles. The van der Waals surface area contributed by atoms with Crippen LogP contribution in [0.1, 0.15) is 0 Å². The van der Waals surface area contributed by atoms with Crippen molar-refractivity contribution in [3.8, 4) is 0 Å². The smallest absolute Gasteiger partial charge is 2.00 e. The Labute approximate surface area is 161 Å².